The minimum Gasteiger partial charge on any atom is -0.493 e. The van der Waals surface area contributed by atoms with Crippen molar-refractivity contribution in [3.63, 3.8) is 0 Å². The lowest BCUT2D eigenvalue weighted by Gasteiger charge is -2.35. The number of amides is 1. The summed E-state index contributed by atoms with van der Waals surface area (Å²) in [4.78, 5) is 18.2. The van der Waals surface area contributed by atoms with Crippen LogP contribution >= 0.6 is 11.3 Å². The topological polar surface area (TPSA) is 70.7 Å². The number of piperazine rings is 1. The number of ether oxygens (including phenoxy) is 2. The van der Waals surface area contributed by atoms with Gasteiger partial charge < -0.3 is 19.3 Å². The fourth-order valence-corrected chi connectivity index (χ4v) is 4.09. The number of aromatic amines is 1. The van der Waals surface area contributed by atoms with Crippen LogP contribution in [0.1, 0.15) is 10.4 Å². The number of nitrogens with zero attached hydrogens (tertiary/aromatic N) is 3. The molecule has 2 aromatic heterocycles. The Kier molecular flexibility index (Phi) is 5.21. The lowest BCUT2D eigenvalue weighted by molar-refractivity contribution is 0.0742. The number of carbonyl (C=O) groups is 1. The average molecular weight is 398 g/mol. The number of nitrogens with one attached hydrogen (secondary N) is 1. The van der Waals surface area contributed by atoms with Gasteiger partial charge in [0.1, 0.15) is 0 Å². The van der Waals surface area contributed by atoms with Crippen molar-refractivity contribution in [2.45, 2.75) is 0 Å². The molecule has 0 unspecified atom stereocenters. The number of hydrogen-bond donors (Lipinski definition) is 1. The van der Waals surface area contributed by atoms with Crippen molar-refractivity contribution in [2.75, 3.05) is 45.3 Å². The maximum Gasteiger partial charge on any atom is 0.257 e. The van der Waals surface area contributed by atoms with E-state index in [9.17, 15) is 4.79 Å². The molecule has 146 valence electrons. The van der Waals surface area contributed by atoms with Crippen molar-refractivity contribution in [3.05, 3.63) is 47.3 Å². The fraction of sp³-hybridized carbons (Fsp3) is 0.300. The number of anilines is 1. The Morgan fingerprint density at radius 1 is 1.11 bits per heavy atom. The third-order valence-electron chi connectivity index (χ3n) is 4.88. The maximum absolute atomic E-state index is 13.0. The van der Waals surface area contributed by atoms with Gasteiger partial charge in [0.05, 0.1) is 30.4 Å². The molecule has 1 saturated heterocycles. The first-order chi connectivity index (χ1) is 13.7. The van der Waals surface area contributed by atoms with Crippen molar-refractivity contribution in [2.24, 2.45) is 0 Å². The van der Waals surface area contributed by atoms with Gasteiger partial charge in [0.2, 0.25) is 0 Å². The molecule has 7 nitrogen and oxygen atoms in total. The maximum atomic E-state index is 13.0. The highest BCUT2D eigenvalue weighted by molar-refractivity contribution is 7.13. The number of aromatic nitrogens is 2. The van der Waals surface area contributed by atoms with Crippen LogP contribution in [0.5, 0.6) is 11.5 Å². The zero-order valence-corrected chi connectivity index (χ0v) is 16.7. The molecule has 0 spiro atoms. The molecule has 0 radical (unpaired) electrons. The summed E-state index contributed by atoms with van der Waals surface area (Å²) in [5.74, 6) is 1.90. The highest BCUT2D eigenvalue weighted by atomic mass is 32.1. The summed E-state index contributed by atoms with van der Waals surface area (Å²) in [6.07, 6.45) is 0. The molecular formula is C20H22N4O3S. The Morgan fingerprint density at radius 2 is 1.93 bits per heavy atom. The first-order valence-electron chi connectivity index (χ1n) is 9.05. The molecule has 0 aliphatic carbocycles. The second kappa shape index (κ2) is 7.93. The number of H-pyrrole nitrogens is 1. The summed E-state index contributed by atoms with van der Waals surface area (Å²) in [6.45, 7) is 2.71. The number of rotatable bonds is 5. The minimum atomic E-state index is -0.0447. The van der Waals surface area contributed by atoms with Gasteiger partial charge in [-0.05, 0) is 23.6 Å². The van der Waals surface area contributed by atoms with Gasteiger partial charge >= 0.3 is 0 Å². The van der Waals surface area contributed by atoms with Crippen molar-refractivity contribution in [3.8, 4) is 22.1 Å². The van der Waals surface area contributed by atoms with E-state index >= 15 is 0 Å². The van der Waals surface area contributed by atoms with E-state index in [1.807, 2.05) is 16.3 Å². The highest BCUT2D eigenvalue weighted by Crippen LogP contribution is 2.32. The highest BCUT2D eigenvalue weighted by Gasteiger charge is 2.26. The van der Waals surface area contributed by atoms with Crippen molar-refractivity contribution >= 4 is 23.1 Å². The minimum absolute atomic E-state index is 0.0447. The zero-order chi connectivity index (χ0) is 19.5. The predicted octanol–water partition coefficient (Wildman–Crippen LogP) is 3.12. The van der Waals surface area contributed by atoms with Crippen molar-refractivity contribution < 1.29 is 14.3 Å². The van der Waals surface area contributed by atoms with Gasteiger partial charge in [-0.25, -0.2) is 0 Å². The number of carbonyl (C=O) groups excluding carboxylic acids is 1. The zero-order valence-electron chi connectivity index (χ0n) is 15.8. The first kappa shape index (κ1) is 18.4. The van der Waals surface area contributed by atoms with Crippen LogP contribution in [0.4, 0.5) is 5.82 Å². The van der Waals surface area contributed by atoms with Gasteiger partial charge in [-0.2, -0.15) is 5.10 Å². The average Bonchev–Trinajstić information content (AvgIpc) is 3.44. The van der Waals surface area contributed by atoms with Gasteiger partial charge in [0.15, 0.2) is 17.3 Å². The molecular weight excluding hydrogens is 376 g/mol. The molecule has 1 aliphatic rings. The molecule has 1 amide bonds. The predicted molar refractivity (Wildman–Crippen MR) is 110 cm³/mol. The van der Waals surface area contributed by atoms with E-state index in [-0.39, 0.29) is 5.91 Å². The van der Waals surface area contributed by atoms with Gasteiger partial charge in [0, 0.05) is 32.2 Å². The van der Waals surface area contributed by atoms with Gasteiger partial charge in [-0.3, -0.25) is 9.89 Å². The second-order valence-electron chi connectivity index (χ2n) is 6.44. The summed E-state index contributed by atoms with van der Waals surface area (Å²) in [7, 11) is 3.12. The van der Waals surface area contributed by atoms with E-state index in [1.165, 1.54) is 0 Å². The Hall–Kier alpha value is -3.00. The first-order valence-corrected chi connectivity index (χ1v) is 9.93. The van der Waals surface area contributed by atoms with Crippen LogP contribution in [0.3, 0.4) is 0 Å². The monoisotopic (exact) mass is 398 g/mol. The largest absolute Gasteiger partial charge is 0.493 e. The van der Waals surface area contributed by atoms with E-state index in [1.54, 1.807) is 43.8 Å². The van der Waals surface area contributed by atoms with Crippen LogP contribution in [0, 0.1) is 0 Å². The number of hydrogen-bond acceptors (Lipinski definition) is 6. The van der Waals surface area contributed by atoms with E-state index in [4.69, 9.17) is 9.47 Å². The molecule has 1 aromatic carbocycles. The van der Waals surface area contributed by atoms with Crippen LogP contribution < -0.4 is 14.4 Å². The Balaban J connectivity index is 1.44. The Morgan fingerprint density at radius 3 is 2.61 bits per heavy atom. The molecule has 28 heavy (non-hydrogen) atoms. The van der Waals surface area contributed by atoms with Crippen LogP contribution in [0.25, 0.3) is 10.6 Å². The summed E-state index contributed by atoms with van der Waals surface area (Å²) in [6, 6.07) is 11.5. The summed E-state index contributed by atoms with van der Waals surface area (Å²) >= 11 is 1.68. The third kappa shape index (κ3) is 3.43. The Labute approximate surface area is 167 Å². The smallest absolute Gasteiger partial charge is 0.257 e. The molecule has 0 bridgehead atoms. The number of benzene rings is 1. The molecule has 8 heteroatoms. The van der Waals surface area contributed by atoms with Gasteiger partial charge in [-0.1, -0.05) is 12.1 Å². The van der Waals surface area contributed by atoms with Crippen molar-refractivity contribution in [1.29, 1.82) is 0 Å². The van der Waals surface area contributed by atoms with E-state index in [0.29, 0.717) is 30.2 Å². The molecule has 4 rings (SSSR count). The van der Waals surface area contributed by atoms with Crippen LogP contribution in [0.15, 0.2) is 41.8 Å². The van der Waals surface area contributed by atoms with Crippen LogP contribution in [-0.2, 0) is 0 Å². The molecule has 0 atom stereocenters. The fourth-order valence-electron chi connectivity index (χ4n) is 3.40. The molecule has 3 heterocycles. The number of methoxy groups -OCH3 is 2. The molecule has 3 aromatic rings. The van der Waals surface area contributed by atoms with E-state index < -0.39 is 0 Å². The molecule has 1 aliphatic heterocycles. The lowest BCUT2D eigenvalue weighted by atomic mass is 10.1. The number of para-hydroxylation sites is 1. The second-order valence-corrected chi connectivity index (χ2v) is 7.39. The quantitative estimate of drug-likeness (QED) is 0.715. The summed E-state index contributed by atoms with van der Waals surface area (Å²) in [5.41, 5.74) is 1.54. The standard InChI is InChI=1S/C20H22N4O3S/c1-26-16-6-3-5-14(19(16)27-2)20(25)24-10-8-23(9-11-24)18-13-15(21-22-18)17-7-4-12-28-17/h3-7,12-13H,8-11H2,1-2H3,(H,21,22). The SMILES string of the molecule is COc1cccc(C(=O)N2CCN(c3cc(-c4cccs4)[nH]n3)CC2)c1OC. The van der Waals surface area contributed by atoms with Crippen LogP contribution in [-0.4, -0.2) is 61.4 Å². The van der Waals surface area contributed by atoms with Crippen LogP contribution in [0.2, 0.25) is 0 Å². The third-order valence-corrected chi connectivity index (χ3v) is 5.78. The van der Waals surface area contributed by atoms with Gasteiger partial charge in [0.25, 0.3) is 5.91 Å². The normalized spacial score (nSPS) is 14.2. The van der Waals surface area contributed by atoms with E-state index in [0.717, 1.165) is 29.5 Å². The Bertz CT molecular complexity index is 946. The summed E-state index contributed by atoms with van der Waals surface area (Å²) in [5, 5.41) is 9.59. The summed E-state index contributed by atoms with van der Waals surface area (Å²) < 4.78 is 10.7. The molecule has 1 N–H and O–H groups in total. The molecule has 1 fully saturated rings. The number of thiophene rings is 1. The molecule has 0 saturated carbocycles. The van der Waals surface area contributed by atoms with E-state index in [2.05, 4.69) is 27.2 Å². The van der Waals surface area contributed by atoms with Crippen molar-refractivity contribution in [1.82, 2.24) is 15.1 Å². The lowest BCUT2D eigenvalue weighted by Crippen LogP contribution is -2.49. The van der Waals surface area contributed by atoms with Gasteiger partial charge in [-0.15, -0.1) is 11.3 Å².